The van der Waals surface area contributed by atoms with Crippen LogP contribution in [0.2, 0.25) is 5.02 Å². The van der Waals surface area contributed by atoms with E-state index in [2.05, 4.69) is 5.32 Å². The summed E-state index contributed by atoms with van der Waals surface area (Å²) in [6.07, 6.45) is 0. The number of hydrogen-bond acceptors (Lipinski definition) is 4. The van der Waals surface area contributed by atoms with Crippen LogP contribution in [0.25, 0.3) is 0 Å². The highest BCUT2D eigenvalue weighted by Crippen LogP contribution is 2.28. The van der Waals surface area contributed by atoms with Gasteiger partial charge < -0.3 is 20.9 Å². The average molecular weight is 293 g/mol. The Balaban J connectivity index is 2.25. The van der Waals surface area contributed by atoms with Gasteiger partial charge in [-0.1, -0.05) is 11.6 Å². The van der Waals surface area contributed by atoms with Crippen molar-refractivity contribution in [1.29, 1.82) is 0 Å². The van der Waals surface area contributed by atoms with E-state index in [1.54, 1.807) is 18.2 Å². The zero-order chi connectivity index (χ0) is 14.7. The molecule has 0 radical (unpaired) electrons. The third-order valence-electron chi connectivity index (χ3n) is 2.68. The Kier molecular flexibility index (Phi) is 4.00. The number of nitrogen functional groups attached to an aromatic ring is 1. The predicted octanol–water partition coefficient (Wildman–Crippen LogP) is 2.89. The summed E-state index contributed by atoms with van der Waals surface area (Å²) in [5.74, 6) is 0.0199. The third-order valence-corrected chi connectivity index (χ3v) is 2.99. The van der Waals surface area contributed by atoms with E-state index in [-0.39, 0.29) is 16.7 Å². The summed E-state index contributed by atoms with van der Waals surface area (Å²) in [7, 11) is 1.49. The Bertz CT molecular complexity index is 659. The summed E-state index contributed by atoms with van der Waals surface area (Å²) in [4.78, 5) is 12.1. The number of carbonyl (C=O) groups excluding carboxylic acids is 1. The molecule has 0 bridgehead atoms. The quantitative estimate of drug-likeness (QED) is 0.759. The molecule has 20 heavy (non-hydrogen) atoms. The largest absolute Gasteiger partial charge is 0.506 e. The number of phenols is 1. The van der Waals surface area contributed by atoms with Crippen LogP contribution in [0.15, 0.2) is 36.4 Å². The lowest BCUT2D eigenvalue weighted by molar-refractivity contribution is 0.102. The van der Waals surface area contributed by atoms with Gasteiger partial charge in [0.05, 0.1) is 17.8 Å². The minimum Gasteiger partial charge on any atom is -0.506 e. The van der Waals surface area contributed by atoms with Gasteiger partial charge >= 0.3 is 0 Å². The maximum absolute atomic E-state index is 12.1. The van der Waals surface area contributed by atoms with Crippen molar-refractivity contribution in [1.82, 2.24) is 0 Å². The molecule has 2 aromatic rings. The Hall–Kier alpha value is -2.40. The van der Waals surface area contributed by atoms with Crippen LogP contribution in [0.1, 0.15) is 10.4 Å². The number of hydrogen-bond donors (Lipinski definition) is 3. The van der Waals surface area contributed by atoms with E-state index in [1.165, 1.54) is 25.3 Å². The molecule has 0 fully saturated rings. The first kappa shape index (κ1) is 14.0. The molecule has 5 nitrogen and oxygen atoms in total. The molecule has 2 aromatic carbocycles. The standard InChI is InChI=1S/C14H13ClN2O3/c1-20-13-7-9(16)3-4-11(13)17-14(19)8-2-5-12(18)10(15)6-8/h2-7,18H,16H2,1H3,(H,17,19). The second kappa shape index (κ2) is 5.71. The molecule has 0 spiro atoms. The van der Waals surface area contributed by atoms with Crippen molar-refractivity contribution in [2.75, 3.05) is 18.2 Å². The molecule has 6 heteroatoms. The third kappa shape index (κ3) is 2.95. The molecule has 0 heterocycles. The van der Waals surface area contributed by atoms with Gasteiger partial charge in [0.1, 0.15) is 11.5 Å². The summed E-state index contributed by atoms with van der Waals surface area (Å²) in [6.45, 7) is 0. The van der Waals surface area contributed by atoms with Crippen LogP contribution in [0.3, 0.4) is 0 Å². The second-order valence-electron chi connectivity index (χ2n) is 4.08. The highest BCUT2D eigenvalue weighted by atomic mass is 35.5. The van der Waals surface area contributed by atoms with Gasteiger partial charge in [0.15, 0.2) is 0 Å². The summed E-state index contributed by atoms with van der Waals surface area (Å²) in [5, 5.41) is 12.1. The molecule has 4 N–H and O–H groups in total. The van der Waals surface area contributed by atoms with Gasteiger partial charge in [-0.15, -0.1) is 0 Å². The molecule has 0 aromatic heterocycles. The fourth-order valence-corrected chi connectivity index (χ4v) is 1.83. The fraction of sp³-hybridized carbons (Fsp3) is 0.0714. The lowest BCUT2D eigenvalue weighted by Gasteiger charge is -2.11. The lowest BCUT2D eigenvalue weighted by atomic mass is 10.2. The SMILES string of the molecule is COc1cc(N)ccc1NC(=O)c1ccc(O)c(Cl)c1. The normalized spacial score (nSPS) is 10.1. The molecule has 0 aliphatic carbocycles. The van der Waals surface area contributed by atoms with Crippen molar-refractivity contribution in [3.8, 4) is 11.5 Å². The number of phenolic OH excluding ortho intramolecular Hbond substituents is 1. The zero-order valence-electron chi connectivity index (χ0n) is 10.7. The first-order valence-electron chi connectivity index (χ1n) is 5.74. The minimum atomic E-state index is -0.366. The summed E-state index contributed by atoms with van der Waals surface area (Å²) in [6, 6.07) is 9.13. The van der Waals surface area contributed by atoms with Crippen LogP contribution in [-0.2, 0) is 0 Å². The van der Waals surface area contributed by atoms with Gasteiger partial charge in [-0.2, -0.15) is 0 Å². The predicted molar refractivity (Wildman–Crippen MR) is 78.5 cm³/mol. The van der Waals surface area contributed by atoms with Crippen molar-refractivity contribution in [2.45, 2.75) is 0 Å². The number of benzene rings is 2. The molecule has 0 atom stereocenters. The number of methoxy groups -OCH3 is 1. The smallest absolute Gasteiger partial charge is 0.255 e. The van der Waals surface area contributed by atoms with E-state index in [0.29, 0.717) is 22.7 Å². The molecule has 2 rings (SSSR count). The number of carbonyl (C=O) groups is 1. The van der Waals surface area contributed by atoms with E-state index in [9.17, 15) is 9.90 Å². The molecular formula is C14H13ClN2O3. The Morgan fingerprint density at radius 1 is 1.30 bits per heavy atom. The van der Waals surface area contributed by atoms with Crippen LogP contribution < -0.4 is 15.8 Å². The molecule has 0 saturated heterocycles. The lowest BCUT2D eigenvalue weighted by Crippen LogP contribution is -2.12. The van der Waals surface area contributed by atoms with E-state index in [0.717, 1.165) is 0 Å². The van der Waals surface area contributed by atoms with Crippen LogP contribution in [0, 0.1) is 0 Å². The van der Waals surface area contributed by atoms with Gasteiger partial charge in [-0.05, 0) is 30.3 Å². The highest BCUT2D eigenvalue weighted by molar-refractivity contribution is 6.32. The summed E-state index contributed by atoms with van der Waals surface area (Å²) in [5.41, 5.74) is 7.00. The number of aromatic hydroxyl groups is 1. The number of amides is 1. The maximum Gasteiger partial charge on any atom is 0.255 e. The van der Waals surface area contributed by atoms with Gasteiger partial charge in [0, 0.05) is 17.3 Å². The number of halogens is 1. The first-order valence-corrected chi connectivity index (χ1v) is 6.12. The molecule has 0 aliphatic heterocycles. The molecule has 1 amide bonds. The first-order chi connectivity index (χ1) is 9.51. The number of anilines is 2. The Morgan fingerprint density at radius 3 is 2.70 bits per heavy atom. The van der Waals surface area contributed by atoms with Crippen LogP contribution >= 0.6 is 11.6 Å². The maximum atomic E-state index is 12.1. The Morgan fingerprint density at radius 2 is 2.05 bits per heavy atom. The van der Waals surface area contributed by atoms with Crippen molar-refractivity contribution >= 4 is 28.9 Å². The monoisotopic (exact) mass is 292 g/mol. The van der Waals surface area contributed by atoms with E-state index >= 15 is 0 Å². The summed E-state index contributed by atoms with van der Waals surface area (Å²) >= 11 is 5.77. The molecule has 0 saturated carbocycles. The van der Waals surface area contributed by atoms with Crippen molar-refractivity contribution < 1.29 is 14.6 Å². The minimum absolute atomic E-state index is 0.0757. The highest BCUT2D eigenvalue weighted by Gasteiger charge is 2.11. The van der Waals surface area contributed by atoms with E-state index in [1.807, 2.05) is 0 Å². The topological polar surface area (TPSA) is 84.6 Å². The number of ether oxygens (including phenoxy) is 1. The average Bonchev–Trinajstić information content (AvgIpc) is 2.43. The second-order valence-corrected chi connectivity index (χ2v) is 4.49. The Labute approximate surface area is 120 Å². The van der Waals surface area contributed by atoms with Crippen LogP contribution in [0.5, 0.6) is 11.5 Å². The van der Waals surface area contributed by atoms with Crippen molar-refractivity contribution in [3.05, 3.63) is 47.0 Å². The van der Waals surface area contributed by atoms with Crippen LogP contribution in [0.4, 0.5) is 11.4 Å². The van der Waals surface area contributed by atoms with Gasteiger partial charge in [-0.3, -0.25) is 4.79 Å². The van der Waals surface area contributed by atoms with Crippen molar-refractivity contribution in [2.24, 2.45) is 0 Å². The molecule has 104 valence electrons. The fourth-order valence-electron chi connectivity index (χ4n) is 1.65. The molecule has 0 aliphatic rings. The summed E-state index contributed by atoms with van der Waals surface area (Å²) < 4.78 is 5.14. The van der Waals surface area contributed by atoms with Gasteiger partial charge in [-0.25, -0.2) is 0 Å². The van der Waals surface area contributed by atoms with E-state index < -0.39 is 0 Å². The zero-order valence-corrected chi connectivity index (χ0v) is 11.4. The number of nitrogens with two attached hydrogens (primary N) is 1. The van der Waals surface area contributed by atoms with Crippen LogP contribution in [-0.4, -0.2) is 18.1 Å². The van der Waals surface area contributed by atoms with Gasteiger partial charge in [0.2, 0.25) is 0 Å². The molecule has 0 unspecified atom stereocenters. The number of rotatable bonds is 3. The molecular weight excluding hydrogens is 280 g/mol. The van der Waals surface area contributed by atoms with E-state index in [4.69, 9.17) is 22.1 Å². The van der Waals surface area contributed by atoms with Crippen molar-refractivity contribution in [3.63, 3.8) is 0 Å². The number of nitrogens with one attached hydrogen (secondary N) is 1. The van der Waals surface area contributed by atoms with Gasteiger partial charge in [0.25, 0.3) is 5.91 Å².